The maximum atomic E-state index is 9.94. The van der Waals surface area contributed by atoms with Crippen LogP contribution < -0.4 is 40.4 Å². The molecule has 0 saturated carbocycles. The molecule has 3 N–H and O–H groups in total. The normalized spacial score (nSPS) is 8.71. The number of halogens is 2. The van der Waals surface area contributed by atoms with Crippen LogP contribution >= 0.6 is 23.2 Å². The first-order valence-corrected chi connectivity index (χ1v) is 4.04. The van der Waals surface area contributed by atoms with Gasteiger partial charge in [-0.3, -0.25) is 15.6 Å². The molecule has 0 spiro atoms. The van der Waals surface area contributed by atoms with E-state index in [1.165, 1.54) is 12.1 Å². The van der Waals surface area contributed by atoms with E-state index in [1.807, 2.05) is 0 Å². The summed E-state index contributed by atoms with van der Waals surface area (Å²) in [6, 6.07) is 2.68. The van der Waals surface area contributed by atoms with Crippen LogP contribution in [0.15, 0.2) is 12.1 Å². The molecule has 0 radical (unpaired) electrons. The average molecular weight is 245 g/mol. The molecule has 4 nitrogen and oxygen atoms in total. The number of carbonyl (C=O) groups excluding carboxylic acids is 1. The predicted octanol–water partition coefficient (Wildman–Crippen LogP) is -1.11. The minimum absolute atomic E-state index is 0. The topological polar surface area (TPSA) is 61.4 Å². The fourth-order valence-corrected chi connectivity index (χ4v) is 1.17. The minimum Gasteiger partial charge on any atom is -1.00 e. The van der Waals surface area contributed by atoms with Crippen molar-refractivity contribution in [3.63, 3.8) is 0 Å². The smallest absolute Gasteiger partial charge is 1.00 e. The Balaban J connectivity index is 0. The van der Waals surface area contributed by atoms with Crippen molar-refractivity contribution in [3.8, 4) is 5.75 Å². The number of hydrogen-bond donors (Lipinski definition) is 3. The zero-order valence-corrected chi connectivity index (χ0v) is 10.9. The monoisotopic (exact) mass is 244 g/mol. The van der Waals surface area contributed by atoms with E-state index in [1.54, 1.807) is 0 Å². The first-order valence-electron chi connectivity index (χ1n) is 3.28. The Morgan fingerprint density at radius 3 is 2.57 bits per heavy atom. The minimum atomic E-state index is -0.110. The van der Waals surface area contributed by atoms with Crippen molar-refractivity contribution in [1.82, 2.24) is 5.43 Å². The van der Waals surface area contributed by atoms with E-state index in [0.29, 0.717) is 17.1 Å². The molecule has 72 valence electrons. The second-order valence-electron chi connectivity index (χ2n) is 2.17. The number of benzene rings is 1. The van der Waals surface area contributed by atoms with Crippen LogP contribution in [0, 0.1) is 0 Å². The summed E-state index contributed by atoms with van der Waals surface area (Å²) >= 11 is 11.3. The maximum absolute atomic E-state index is 9.94. The van der Waals surface area contributed by atoms with Crippen molar-refractivity contribution in [1.29, 1.82) is 0 Å². The van der Waals surface area contributed by atoms with Crippen molar-refractivity contribution >= 4 is 35.3 Å². The molecule has 0 saturated heterocycles. The molecule has 0 aliphatic rings. The van der Waals surface area contributed by atoms with Gasteiger partial charge in [-0.05, 0) is 6.07 Å². The number of carbonyl (C=O) groups is 1. The standard InChI is InChI=1S/C7H6Cl2N2O2.Na.H/c8-4-1-5(9)7(13)2-6(4)11-10-3-12;;/h1-3,11,13H,(H,10,12);;/q;+1;-1. The quantitative estimate of drug-likeness (QED) is 0.359. The second-order valence-corrected chi connectivity index (χ2v) is 2.99. The van der Waals surface area contributed by atoms with Crippen LogP contribution in [0.4, 0.5) is 5.69 Å². The van der Waals surface area contributed by atoms with Gasteiger partial charge in [-0.1, -0.05) is 23.2 Å². The Kier molecular flexibility index (Phi) is 6.31. The predicted molar refractivity (Wildman–Crippen MR) is 52.1 cm³/mol. The molecular formula is C7H7Cl2N2NaO2. The van der Waals surface area contributed by atoms with E-state index >= 15 is 0 Å². The molecule has 0 bridgehead atoms. The van der Waals surface area contributed by atoms with Gasteiger partial charge in [-0.2, -0.15) is 0 Å². The second kappa shape index (κ2) is 6.37. The van der Waals surface area contributed by atoms with Crippen molar-refractivity contribution in [3.05, 3.63) is 22.2 Å². The largest absolute Gasteiger partial charge is 1.00 e. The van der Waals surface area contributed by atoms with Gasteiger partial charge in [0.05, 0.1) is 15.7 Å². The summed E-state index contributed by atoms with van der Waals surface area (Å²) in [7, 11) is 0. The van der Waals surface area contributed by atoms with Crippen LogP contribution in [0.3, 0.4) is 0 Å². The summed E-state index contributed by atoms with van der Waals surface area (Å²) in [5, 5.41) is 9.63. The third-order valence-corrected chi connectivity index (χ3v) is 1.92. The third kappa shape index (κ3) is 3.55. The molecule has 0 heterocycles. The SMILES string of the molecule is O=CNNc1cc(O)c(Cl)cc1Cl.[H-].[Na+]. The summed E-state index contributed by atoms with van der Waals surface area (Å²) in [5.41, 5.74) is 5.02. The molecular weight excluding hydrogens is 238 g/mol. The van der Waals surface area contributed by atoms with Gasteiger partial charge in [0, 0.05) is 6.07 Å². The molecule has 7 heteroatoms. The molecule has 0 aliphatic heterocycles. The van der Waals surface area contributed by atoms with Gasteiger partial charge < -0.3 is 6.53 Å². The Hall–Kier alpha value is -0.130. The summed E-state index contributed by atoms with van der Waals surface area (Å²) in [6.07, 6.45) is 0.446. The molecule has 14 heavy (non-hydrogen) atoms. The third-order valence-electron chi connectivity index (χ3n) is 1.30. The maximum Gasteiger partial charge on any atom is 1.00 e. The Morgan fingerprint density at radius 1 is 1.36 bits per heavy atom. The molecule has 1 rings (SSSR count). The number of phenolic OH excluding ortho intramolecular Hbond substituents is 1. The van der Waals surface area contributed by atoms with Gasteiger partial charge in [0.1, 0.15) is 5.75 Å². The van der Waals surface area contributed by atoms with E-state index in [0.717, 1.165) is 0 Å². The van der Waals surface area contributed by atoms with Crippen LogP contribution in [0.5, 0.6) is 5.75 Å². The van der Waals surface area contributed by atoms with E-state index in [2.05, 4.69) is 10.9 Å². The summed E-state index contributed by atoms with van der Waals surface area (Å²) in [6.45, 7) is 0. The molecule has 0 aromatic heterocycles. The molecule has 1 amide bonds. The number of phenols is 1. The Labute approximate surface area is 114 Å². The van der Waals surface area contributed by atoms with Crippen molar-refractivity contribution in [2.24, 2.45) is 0 Å². The Morgan fingerprint density at radius 2 is 2.00 bits per heavy atom. The van der Waals surface area contributed by atoms with Gasteiger partial charge in [0.15, 0.2) is 0 Å². The molecule has 0 atom stereocenters. The fraction of sp³-hybridized carbons (Fsp3) is 0. The van der Waals surface area contributed by atoms with E-state index in [9.17, 15) is 9.90 Å². The number of hydrogen-bond acceptors (Lipinski definition) is 3. The fourth-order valence-electron chi connectivity index (χ4n) is 0.741. The number of hydrazine groups is 1. The first-order chi connectivity index (χ1) is 6.15. The summed E-state index contributed by atoms with van der Waals surface area (Å²) in [4.78, 5) is 9.94. The molecule has 1 aromatic rings. The first kappa shape index (κ1) is 13.9. The van der Waals surface area contributed by atoms with Crippen LogP contribution in [0.25, 0.3) is 0 Å². The van der Waals surface area contributed by atoms with Gasteiger partial charge in [-0.15, -0.1) is 0 Å². The van der Waals surface area contributed by atoms with Gasteiger partial charge >= 0.3 is 29.6 Å². The Bertz CT molecular complexity index is 341. The summed E-state index contributed by atoms with van der Waals surface area (Å²) in [5.74, 6) is -0.110. The number of nitrogens with one attached hydrogen (secondary N) is 2. The van der Waals surface area contributed by atoms with Crippen LogP contribution in [-0.2, 0) is 4.79 Å². The van der Waals surface area contributed by atoms with E-state index in [4.69, 9.17) is 23.2 Å². The van der Waals surface area contributed by atoms with Crippen molar-refractivity contribution in [2.45, 2.75) is 0 Å². The van der Waals surface area contributed by atoms with Gasteiger partial charge in [0.25, 0.3) is 0 Å². The van der Waals surface area contributed by atoms with Crippen LogP contribution in [-0.4, -0.2) is 11.5 Å². The van der Waals surface area contributed by atoms with Crippen LogP contribution in [0.1, 0.15) is 1.43 Å². The van der Waals surface area contributed by atoms with Crippen LogP contribution in [0.2, 0.25) is 10.0 Å². The molecule has 1 aromatic carbocycles. The molecule has 0 fully saturated rings. The van der Waals surface area contributed by atoms with E-state index < -0.39 is 0 Å². The van der Waals surface area contributed by atoms with Crippen molar-refractivity contribution in [2.75, 3.05) is 5.43 Å². The average Bonchev–Trinajstić information content (AvgIpc) is 2.09. The molecule has 0 aliphatic carbocycles. The number of amides is 1. The zero-order chi connectivity index (χ0) is 9.84. The number of rotatable bonds is 3. The van der Waals surface area contributed by atoms with Crippen molar-refractivity contribution < 1.29 is 40.9 Å². The molecule has 0 unspecified atom stereocenters. The van der Waals surface area contributed by atoms with E-state index in [-0.39, 0.29) is 41.8 Å². The van der Waals surface area contributed by atoms with Gasteiger partial charge in [0.2, 0.25) is 6.41 Å². The summed E-state index contributed by atoms with van der Waals surface area (Å²) < 4.78 is 0. The zero-order valence-electron chi connectivity index (χ0n) is 8.34. The number of anilines is 1. The number of aromatic hydroxyl groups is 1. The van der Waals surface area contributed by atoms with Gasteiger partial charge in [-0.25, -0.2) is 0 Å².